The number of nitrogens with one attached hydrogen (secondary N) is 1. The normalized spacial score (nSPS) is 24.1. The van der Waals surface area contributed by atoms with Gasteiger partial charge in [-0.15, -0.1) is 11.3 Å². The fourth-order valence-electron chi connectivity index (χ4n) is 4.32. The van der Waals surface area contributed by atoms with Crippen molar-refractivity contribution in [1.82, 2.24) is 19.8 Å². The van der Waals surface area contributed by atoms with Crippen LogP contribution < -0.4 is 11.0 Å². The van der Waals surface area contributed by atoms with E-state index in [0.29, 0.717) is 10.7 Å². The van der Waals surface area contributed by atoms with E-state index in [1.54, 1.807) is 4.40 Å². The molecule has 150 valence electrons. The van der Waals surface area contributed by atoms with Crippen LogP contribution in [0.4, 0.5) is 13.2 Å². The SMILES string of the molecule is CC1(C)CCc2sc3nc(CN4NC(C5CC5)C=C4C(F)(F)F)cc(=O)n3c21. The summed E-state index contributed by atoms with van der Waals surface area (Å²) in [5.74, 6) is 0.255. The minimum atomic E-state index is -4.44. The molecule has 2 aliphatic carbocycles. The van der Waals surface area contributed by atoms with Gasteiger partial charge in [0.05, 0.1) is 12.2 Å². The number of aromatic nitrogens is 2. The highest BCUT2D eigenvalue weighted by molar-refractivity contribution is 7.17. The number of thiazole rings is 1. The predicted molar refractivity (Wildman–Crippen MR) is 100 cm³/mol. The first-order chi connectivity index (χ1) is 13.1. The number of alkyl halides is 3. The van der Waals surface area contributed by atoms with Crippen LogP contribution in [0.3, 0.4) is 0 Å². The van der Waals surface area contributed by atoms with Crippen LogP contribution in [0.15, 0.2) is 22.6 Å². The maximum absolute atomic E-state index is 13.5. The molecule has 5 nitrogen and oxygen atoms in total. The van der Waals surface area contributed by atoms with Gasteiger partial charge in [-0.3, -0.25) is 14.2 Å². The summed E-state index contributed by atoms with van der Waals surface area (Å²) in [7, 11) is 0. The second-order valence-electron chi connectivity index (χ2n) is 8.59. The van der Waals surface area contributed by atoms with Crippen LogP contribution in [0.25, 0.3) is 4.96 Å². The lowest BCUT2D eigenvalue weighted by Gasteiger charge is -2.25. The molecule has 0 aromatic carbocycles. The molecule has 0 bridgehead atoms. The number of halogens is 3. The zero-order valence-corrected chi connectivity index (χ0v) is 16.5. The van der Waals surface area contributed by atoms with Crippen LogP contribution in [0.2, 0.25) is 0 Å². The van der Waals surface area contributed by atoms with Crippen molar-refractivity contribution in [2.75, 3.05) is 0 Å². The van der Waals surface area contributed by atoms with Gasteiger partial charge in [-0.1, -0.05) is 13.8 Å². The summed E-state index contributed by atoms with van der Waals surface area (Å²) in [6.45, 7) is 4.13. The molecule has 1 saturated carbocycles. The Labute approximate surface area is 163 Å². The molecule has 1 unspecified atom stereocenters. The molecule has 1 fully saturated rings. The van der Waals surface area contributed by atoms with E-state index in [-0.39, 0.29) is 29.5 Å². The summed E-state index contributed by atoms with van der Waals surface area (Å²) in [5.41, 5.74) is 3.29. The third kappa shape index (κ3) is 2.86. The van der Waals surface area contributed by atoms with Gasteiger partial charge in [-0.05, 0) is 37.7 Å². The van der Waals surface area contributed by atoms with Crippen molar-refractivity contribution >= 4 is 16.3 Å². The average molecular weight is 410 g/mol. The Morgan fingerprint density at radius 3 is 2.79 bits per heavy atom. The predicted octanol–water partition coefficient (Wildman–Crippen LogP) is 3.52. The highest BCUT2D eigenvalue weighted by Gasteiger charge is 2.45. The molecule has 0 spiro atoms. The van der Waals surface area contributed by atoms with Crippen LogP contribution in [-0.4, -0.2) is 26.6 Å². The summed E-state index contributed by atoms with van der Waals surface area (Å²) >= 11 is 1.47. The number of nitrogens with zero attached hydrogens (tertiary/aromatic N) is 3. The first-order valence-corrected chi connectivity index (χ1v) is 10.3. The molecule has 1 atom stereocenters. The lowest BCUT2D eigenvalue weighted by Crippen LogP contribution is -2.40. The number of hydrazine groups is 1. The second-order valence-corrected chi connectivity index (χ2v) is 9.65. The van der Waals surface area contributed by atoms with Gasteiger partial charge < -0.3 is 0 Å². The molecular formula is C19H21F3N4OS. The topological polar surface area (TPSA) is 49.6 Å². The second kappa shape index (κ2) is 5.82. The van der Waals surface area contributed by atoms with Gasteiger partial charge in [0.25, 0.3) is 5.56 Å². The van der Waals surface area contributed by atoms with Crippen molar-refractivity contribution in [1.29, 1.82) is 0 Å². The fraction of sp³-hybridized carbons (Fsp3) is 0.579. The minimum absolute atomic E-state index is 0.0910. The van der Waals surface area contributed by atoms with E-state index < -0.39 is 11.9 Å². The van der Waals surface area contributed by atoms with Gasteiger partial charge in [-0.25, -0.2) is 10.4 Å². The van der Waals surface area contributed by atoms with E-state index >= 15 is 0 Å². The molecule has 2 aromatic heterocycles. The Balaban J connectivity index is 1.49. The van der Waals surface area contributed by atoms with Crippen LogP contribution in [-0.2, 0) is 18.4 Å². The van der Waals surface area contributed by atoms with Crippen molar-refractivity contribution in [2.24, 2.45) is 5.92 Å². The minimum Gasteiger partial charge on any atom is -0.298 e. The molecule has 1 aliphatic heterocycles. The molecule has 3 heterocycles. The molecule has 9 heteroatoms. The first kappa shape index (κ1) is 18.2. The standard InChI is InChI=1S/C19H21F3N4OS/c1-18(2)6-5-13-16(18)26-15(27)7-11(23-17(26)28-13)9-25-14(19(20,21)22)8-12(24-25)10-3-4-10/h7-8,10,12,24H,3-6,9H2,1-2H3. The molecule has 0 saturated heterocycles. The van der Waals surface area contributed by atoms with Gasteiger partial charge in [0.15, 0.2) is 4.96 Å². The summed E-state index contributed by atoms with van der Waals surface area (Å²) in [4.78, 5) is 19.0. The summed E-state index contributed by atoms with van der Waals surface area (Å²) < 4.78 is 42.0. The lowest BCUT2D eigenvalue weighted by molar-refractivity contribution is -0.114. The Morgan fingerprint density at radius 2 is 2.11 bits per heavy atom. The Kier molecular flexibility index (Phi) is 3.78. The van der Waals surface area contributed by atoms with Gasteiger partial charge in [0.1, 0.15) is 5.70 Å². The van der Waals surface area contributed by atoms with E-state index in [1.165, 1.54) is 23.5 Å². The third-order valence-corrected chi connectivity index (χ3v) is 7.04. The van der Waals surface area contributed by atoms with Crippen molar-refractivity contribution in [3.8, 4) is 0 Å². The highest BCUT2D eigenvalue weighted by atomic mass is 32.1. The number of fused-ring (bicyclic) bond motifs is 3. The largest absolute Gasteiger partial charge is 0.432 e. The van der Waals surface area contributed by atoms with Gasteiger partial charge in [0, 0.05) is 28.1 Å². The van der Waals surface area contributed by atoms with Crippen molar-refractivity contribution in [3.63, 3.8) is 0 Å². The van der Waals surface area contributed by atoms with Crippen molar-refractivity contribution < 1.29 is 13.2 Å². The zero-order valence-electron chi connectivity index (χ0n) is 15.6. The van der Waals surface area contributed by atoms with E-state index in [2.05, 4.69) is 24.3 Å². The molecule has 1 N–H and O–H groups in total. The summed E-state index contributed by atoms with van der Waals surface area (Å²) in [6.07, 6.45) is 0.598. The van der Waals surface area contributed by atoms with E-state index in [9.17, 15) is 18.0 Å². The Bertz CT molecular complexity index is 1050. The van der Waals surface area contributed by atoms with Crippen LogP contribution in [0.5, 0.6) is 0 Å². The van der Waals surface area contributed by atoms with Crippen molar-refractivity contribution in [3.05, 3.63) is 44.5 Å². The number of hydrogen-bond donors (Lipinski definition) is 1. The molecule has 5 rings (SSSR count). The van der Waals surface area contributed by atoms with Gasteiger partial charge in [0.2, 0.25) is 0 Å². The molecule has 3 aliphatic rings. The zero-order chi connectivity index (χ0) is 19.8. The van der Waals surface area contributed by atoms with Gasteiger partial charge >= 0.3 is 6.18 Å². The van der Waals surface area contributed by atoms with E-state index in [0.717, 1.165) is 41.3 Å². The van der Waals surface area contributed by atoms with E-state index in [1.807, 2.05) is 0 Å². The number of aryl methyl sites for hydroxylation is 1. The molecule has 0 radical (unpaired) electrons. The highest BCUT2D eigenvalue weighted by Crippen LogP contribution is 2.42. The summed E-state index contributed by atoms with van der Waals surface area (Å²) in [6, 6.07) is 1.07. The Hall–Kier alpha value is -1.87. The maximum Gasteiger partial charge on any atom is 0.432 e. The van der Waals surface area contributed by atoms with Crippen LogP contribution in [0, 0.1) is 5.92 Å². The van der Waals surface area contributed by atoms with Crippen LogP contribution >= 0.6 is 11.3 Å². The van der Waals surface area contributed by atoms with Gasteiger partial charge in [-0.2, -0.15) is 13.2 Å². The fourth-order valence-corrected chi connectivity index (χ4v) is 5.65. The molecule has 28 heavy (non-hydrogen) atoms. The molecule has 2 aromatic rings. The Morgan fingerprint density at radius 1 is 1.36 bits per heavy atom. The lowest BCUT2D eigenvalue weighted by atomic mass is 9.91. The molecular weight excluding hydrogens is 389 g/mol. The first-order valence-electron chi connectivity index (χ1n) is 9.51. The average Bonchev–Trinajstić information content (AvgIpc) is 3.11. The monoisotopic (exact) mass is 410 g/mol. The maximum atomic E-state index is 13.5. The summed E-state index contributed by atoms with van der Waals surface area (Å²) in [5, 5.41) is 1.10. The third-order valence-electron chi connectivity index (χ3n) is 5.93. The van der Waals surface area contributed by atoms with Crippen LogP contribution in [0.1, 0.15) is 49.4 Å². The smallest absolute Gasteiger partial charge is 0.298 e. The van der Waals surface area contributed by atoms with E-state index in [4.69, 9.17) is 0 Å². The molecule has 0 amide bonds. The number of allylic oxidation sites excluding steroid dienone is 1. The number of rotatable bonds is 3. The van der Waals surface area contributed by atoms with Crippen molar-refractivity contribution in [2.45, 2.75) is 63.7 Å². The quantitative estimate of drug-likeness (QED) is 0.841. The number of hydrogen-bond acceptors (Lipinski definition) is 5.